The maximum Gasteiger partial charge on any atom is 0.255 e. The smallest absolute Gasteiger partial charge is 0.255 e. The normalized spacial score (nSPS) is 10.7. The number of amides is 1. The van der Waals surface area contributed by atoms with E-state index < -0.39 is 0 Å². The van der Waals surface area contributed by atoms with Gasteiger partial charge in [0.2, 0.25) is 0 Å². The number of anilines is 1. The molecule has 5 nitrogen and oxygen atoms in total. The molecule has 1 aromatic heterocycles. The lowest BCUT2D eigenvalue weighted by Gasteiger charge is -2.07. The van der Waals surface area contributed by atoms with E-state index in [1.165, 1.54) is 0 Å². The Bertz CT molecular complexity index is 1030. The van der Waals surface area contributed by atoms with Gasteiger partial charge in [-0.1, -0.05) is 12.1 Å². The summed E-state index contributed by atoms with van der Waals surface area (Å²) in [6.07, 6.45) is 0. The highest BCUT2D eigenvalue weighted by Crippen LogP contribution is 2.22. The monoisotopic (exact) mass is 357 g/mol. The molecule has 134 valence electrons. The second-order valence-corrected chi connectivity index (χ2v) is 6.09. The molecule has 2 N–H and O–H groups in total. The number of carbonyl (C=O) groups is 1. The Morgan fingerprint density at radius 2 is 1.74 bits per heavy atom. The van der Waals surface area contributed by atoms with Gasteiger partial charge in [-0.05, 0) is 67.6 Å². The van der Waals surface area contributed by atoms with Gasteiger partial charge in [-0.3, -0.25) is 4.79 Å². The molecular weight excluding hydrogens is 338 g/mol. The summed E-state index contributed by atoms with van der Waals surface area (Å²) in [5.74, 6) is 1.40. The molecule has 0 aliphatic rings. The molecule has 0 saturated carbocycles. The second-order valence-electron chi connectivity index (χ2n) is 6.09. The SMILES string of the molecule is CCOc1ccc(C(=O)Nc2ccc(-c3nc4ccccc4[nH]3)cc2)cc1. The largest absolute Gasteiger partial charge is 0.494 e. The predicted octanol–water partition coefficient (Wildman–Crippen LogP) is 4.88. The number of benzene rings is 3. The summed E-state index contributed by atoms with van der Waals surface area (Å²) in [4.78, 5) is 20.3. The van der Waals surface area contributed by atoms with Gasteiger partial charge in [0.05, 0.1) is 17.6 Å². The molecule has 0 unspecified atom stereocenters. The van der Waals surface area contributed by atoms with E-state index in [2.05, 4.69) is 15.3 Å². The van der Waals surface area contributed by atoms with E-state index in [1.54, 1.807) is 24.3 Å². The number of aromatic amines is 1. The number of H-pyrrole nitrogens is 1. The Morgan fingerprint density at radius 3 is 2.44 bits per heavy atom. The molecule has 1 heterocycles. The van der Waals surface area contributed by atoms with Crippen molar-refractivity contribution in [3.63, 3.8) is 0 Å². The van der Waals surface area contributed by atoms with Crippen LogP contribution in [0, 0.1) is 0 Å². The van der Waals surface area contributed by atoms with Crippen molar-refractivity contribution in [2.24, 2.45) is 0 Å². The van der Waals surface area contributed by atoms with Crippen LogP contribution in [0.5, 0.6) is 5.75 Å². The number of carbonyl (C=O) groups excluding carboxylic acids is 1. The van der Waals surface area contributed by atoms with Gasteiger partial charge < -0.3 is 15.0 Å². The third-order valence-corrected chi connectivity index (χ3v) is 4.23. The molecule has 3 aromatic carbocycles. The molecule has 0 radical (unpaired) electrons. The van der Waals surface area contributed by atoms with Gasteiger partial charge in [-0.2, -0.15) is 0 Å². The van der Waals surface area contributed by atoms with E-state index in [1.807, 2.05) is 55.5 Å². The zero-order valence-electron chi connectivity index (χ0n) is 14.9. The first-order valence-electron chi connectivity index (χ1n) is 8.82. The molecule has 4 aromatic rings. The summed E-state index contributed by atoms with van der Waals surface area (Å²) in [5, 5.41) is 2.90. The molecule has 0 aliphatic carbocycles. The minimum Gasteiger partial charge on any atom is -0.494 e. The van der Waals surface area contributed by atoms with Crippen molar-refractivity contribution in [1.29, 1.82) is 0 Å². The summed E-state index contributed by atoms with van der Waals surface area (Å²) in [6.45, 7) is 2.53. The van der Waals surface area contributed by atoms with Crippen molar-refractivity contribution in [1.82, 2.24) is 9.97 Å². The van der Waals surface area contributed by atoms with Crippen LogP contribution in [-0.2, 0) is 0 Å². The Morgan fingerprint density at radius 1 is 1.00 bits per heavy atom. The Kier molecular flexibility index (Phi) is 4.58. The molecule has 1 amide bonds. The van der Waals surface area contributed by atoms with Gasteiger partial charge in [0, 0.05) is 16.8 Å². The zero-order chi connectivity index (χ0) is 18.6. The molecule has 4 rings (SSSR count). The highest BCUT2D eigenvalue weighted by atomic mass is 16.5. The van der Waals surface area contributed by atoms with Crippen molar-refractivity contribution in [2.75, 3.05) is 11.9 Å². The van der Waals surface area contributed by atoms with E-state index >= 15 is 0 Å². The first kappa shape index (κ1) is 16.8. The molecule has 27 heavy (non-hydrogen) atoms. The number of fused-ring (bicyclic) bond motifs is 1. The standard InChI is InChI=1S/C22H19N3O2/c1-2-27-18-13-9-16(10-14-18)22(26)23-17-11-7-15(8-12-17)21-24-19-5-3-4-6-20(19)25-21/h3-14H,2H2,1H3,(H,23,26)(H,24,25). The zero-order valence-corrected chi connectivity index (χ0v) is 14.9. The lowest BCUT2D eigenvalue weighted by Crippen LogP contribution is -2.11. The average molecular weight is 357 g/mol. The molecule has 5 heteroatoms. The Labute approximate surface area is 157 Å². The van der Waals surface area contributed by atoms with E-state index in [0.29, 0.717) is 12.2 Å². The Hall–Kier alpha value is -3.60. The topological polar surface area (TPSA) is 67.0 Å². The molecule has 0 atom stereocenters. The summed E-state index contributed by atoms with van der Waals surface area (Å²) in [6, 6.07) is 22.6. The number of nitrogens with one attached hydrogen (secondary N) is 2. The quantitative estimate of drug-likeness (QED) is 0.535. The lowest BCUT2D eigenvalue weighted by atomic mass is 10.1. The number of para-hydroxylation sites is 2. The van der Waals surface area contributed by atoms with Gasteiger partial charge in [0.15, 0.2) is 0 Å². The fourth-order valence-electron chi connectivity index (χ4n) is 2.87. The van der Waals surface area contributed by atoms with Crippen LogP contribution in [0.25, 0.3) is 22.4 Å². The number of hydrogen-bond donors (Lipinski definition) is 2. The van der Waals surface area contributed by atoms with E-state index in [0.717, 1.165) is 33.9 Å². The van der Waals surface area contributed by atoms with Crippen LogP contribution >= 0.6 is 0 Å². The lowest BCUT2D eigenvalue weighted by molar-refractivity contribution is 0.102. The van der Waals surface area contributed by atoms with Crippen molar-refractivity contribution in [3.05, 3.63) is 78.4 Å². The molecule has 0 fully saturated rings. The number of nitrogens with zero attached hydrogens (tertiary/aromatic N) is 1. The molecule has 0 aliphatic heterocycles. The first-order chi connectivity index (χ1) is 13.2. The first-order valence-corrected chi connectivity index (χ1v) is 8.82. The summed E-state index contributed by atoms with van der Waals surface area (Å²) < 4.78 is 5.40. The predicted molar refractivity (Wildman–Crippen MR) is 107 cm³/mol. The summed E-state index contributed by atoms with van der Waals surface area (Å²) in [5.41, 5.74) is 4.21. The highest BCUT2D eigenvalue weighted by Gasteiger charge is 2.08. The van der Waals surface area contributed by atoms with E-state index in [4.69, 9.17) is 4.74 Å². The van der Waals surface area contributed by atoms with Crippen molar-refractivity contribution < 1.29 is 9.53 Å². The van der Waals surface area contributed by atoms with Crippen molar-refractivity contribution >= 4 is 22.6 Å². The minimum atomic E-state index is -0.158. The van der Waals surface area contributed by atoms with Crippen LogP contribution in [0.2, 0.25) is 0 Å². The maximum atomic E-state index is 12.4. The third kappa shape index (κ3) is 3.67. The van der Waals surface area contributed by atoms with Gasteiger partial charge in [0.1, 0.15) is 11.6 Å². The molecular formula is C22H19N3O2. The number of hydrogen-bond acceptors (Lipinski definition) is 3. The van der Waals surface area contributed by atoms with Crippen LogP contribution in [0.15, 0.2) is 72.8 Å². The third-order valence-electron chi connectivity index (χ3n) is 4.23. The maximum absolute atomic E-state index is 12.4. The Balaban J connectivity index is 1.47. The molecule has 0 bridgehead atoms. The van der Waals surface area contributed by atoms with Crippen LogP contribution in [0.4, 0.5) is 5.69 Å². The number of ether oxygens (including phenoxy) is 1. The fourth-order valence-corrected chi connectivity index (χ4v) is 2.87. The van der Waals surface area contributed by atoms with Gasteiger partial charge in [0.25, 0.3) is 5.91 Å². The summed E-state index contributed by atoms with van der Waals surface area (Å²) >= 11 is 0. The van der Waals surface area contributed by atoms with Crippen LogP contribution < -0.4 is 10.1 Å². The van der Waals surface area contributed by atoms with E-state index in [9.17, 15) is 4.79 Å². The number of aromatic nitrogens is 2. The second kappa shape index (κ2) is 7.33. The summed E-state index contributed by atoms with van der Waals surface area (Å²) in [7, 11) is 0. The molecule has 0 saturated heterocycles. The van der Waals surface area contributed by atoms with Gasteiger partial charge in [-0.25, -0.2) is 4.98 Å². The average Bonchev–Trinajstić information content (AvgIpc) is 3.13. The van der Waals surface area contributed by atoms with Crippen LogP contribution in [0.3, 0.4) is 0 Å². The number of imidazole rings is 1. The van der Waals surface area contributed by atoms with Crippen molar-refractivity contribution in [2.45, 2.75) is 6.92 Å². The highest BCUT2D eigenvalue weighted by molar-refractivity contribution is 6.04. The minimum absolute atomic E-state index is 0.158. The van der Waals surface area contributed by atoms with Gasteiger partial charge >= 0.3 is 0 Å². The van der Waals surface area contributed by atoms with Crippen molar-refractivity contribution in [3.8, 4) is 17.1 Å². The molecule has 0 spiro atoms. The van der Waals surface area contributed by atoms with E-state index in [-0.39, 0.29) is 5.91 Å². The number of rotatable bonds is 5. The van der Waals surface area contributed by atoms with Gasteiger partial charge in [-0.15, -0.1) is 0 Å². The van der Waals surface area contributed by atoms with Crippen LogP contribution in [-0.4, -0.2) is 22.5 Å². The van der Waals surface area contributed by atoms with Crippen LogP contribution in [0.1, 0.15) is 17.3 Å². The fraction of sp³-hybridized carbons (Fsp3) is 0.0909.